The fourth-order valence-electron chi connectivity index (χ4n) is 15.9. The second-order valence-electron chi connectivity index (χ2n) is 34.1. The molecule has 3 heterocycles. The Morgan fingerprint density at radius 3 is 0.941 bits per heavy atom. The maximum atomic E-state index is 13.5. The first kappa shape index (κ1) is 110. The van der Waals surface area contributed by atoms with Gasteiger partial charge >= 0.3 is 0 Å². The number of carbonyl (C=O) groups excluding carboxylic acids is 1. The third-order valence-corrected chi connectivity index (χ3v) is 23.6. The van der Waals surface area contributed by atoms with E-state index >= 15 is 0 Å². The summed E-state index contributed by atoms with van der Waals surface area (Å²) >= 11 is 0. The van der Waals surface area contributed by atoms with Crippen molar-refractivity contribution in [2.75, 3.05) is 26.4 Å². The number of unbranched alkanes of at least 4 members (excludes halogenated alkanes) is 47. The lowest BCUT2D eigenvalue weighted by molar-refractivity contribution is -0.379. The molecule has 3 fully saturated rings. The van der Waals surface area contributed by atoms with Crippen LogP contribution in [0.15, 0.2) is 109 Å². The first-order valence-electron chi connectivity index (χ1n) is 48.6. The average molecular weight is 1680 g/mol. The van der Waals surface area contributed by atoms with Gasteiger partial charge in [-0.3, -0.25) is 4.79 Å². The van der Waals surface area contributed by atoms with Gasteiger partial charge in [-0.15, -0.1) is 0 Å². The molecule has 690 valence electrons. The zero-order valence-corrected chi connectivity index (χ0v) is 74.8. The number of carbonyl (C=O) groups is 1. The van der Waals surface area contributed by atoms with Gasteiger partial charge in [-0.2, -0.15) is 0 Å². The molecule has 0 radical (unpaired) electrons. The minimum atomic E-state index is -1.99. The summed E-state index contributed by atoms with van der Waals surface area (Å²) in [5, 5.41) is 121. The fourth-order valence-corrected chi connectivity index (χ4v) is 15.9. The van der Waals surface area contributed by atoms with Gasteiger partial charge in [0, 0.05) is 6.42 Å². The van der Waals surface area contributed by atoms with Crippen molar-refractivity contribution >= 4 is 5.91 Å². The summed E-state index contributed by atoms with van der Waals surface area (Å²) in [5.41, 5.74) is 0. The topological polar surface area (TPSA) is 307 Å². The van der Waals surface area contributed by atoms with E-state index in [1.807, 2.05) is 6.08 Å². The second-order valence-corrected chi connectivity index (χ2v) is 34.1. The molecule has 19 nitrogen and oxygen atoms in total. The van der Waals surface area contributed by atoms with Crippen molar-refractivity contribution in [1.29, 1.82) is 0 Å². The molecule has 0 bridgehead atoms. The number of aliphatic hydroxyl groups is 11. The van der Waals surface area contributed by atoms with Gasteiger partial charge in [-0.05, 0) is 89.9 Å². The van der Waals surface area contributed by atoms with Gasteiger partial charge in [0.2, 0.25) is 5.91 Å². The number of ether oxygens (including phenoxy) is 6. The van der Waals surface area contributed by atoms with E-state index in [1.165, 1.54) is 270 Å². The molecule has 3 rings (SSSR count). The van der Waals surface area contributed by atoms with Crippen LogP contribution in [-0.4, -0.2) is 193 Å². The van der Waals surface area contributed by atoms with Crippen LogP contribution in [0.4, 0.5) is 0 Å². The van der Waals surface area contributed by atoms with Gasteiger partial charge in [0.25, 0.3) is 0 Å². The molecule has 0 aliphatic carbocycles. The van der Waals surface area contributed by atoms with E-state index in [0.717, 1.165) is 83.5 Å². The maximum Gasteiger partial charge on any atom is 0.220 e. The first-order chi connectivity index (χ1) is 58.3. The van der Waals surface area contributed by atoms with Crippen molar-refractivity contribution in [1.82, 2.24) is 5.32 Å². The highest BCUT2D eigenvalue weighted by atomic mass is 16.8. The van der Waals surface area contributed by atoms with Gasteiger partial charge in [-0.1, -0.05) is 399 Å². The number of hydrogen-bond acceptors (Lipinski definition) is 18. The number of hydrogen-bond donors (Lipinski definition) is 12. The molecule has 0 aromatic rings. The van der Waals surface area contributed by atoms with E-state index in [0.29, 0.717) is 12.8 Å². The minimum absolute atomic E-state index is 0.234. The lowest BCUT2D eigenvalue weighted by atomic mass is 9.96. The number of amides is 1. The zero-order valence-electron chi connectivity index (χ0n) is 74.8. The van der Waals surface area contributed by atoms with Gasteiger partial charge < -0.3 is 89.9 Å². The molecule has 0 aromatic carbocycles. The van der Waals surface area contributed by atoms with Crippen LogP contribution in [0.2, 0.25) is 0 Å². The molecule has 3 aliphatic heterocycles. The standard InChI is InChI=1S/C100H177NO18/c1-3-5-7-9-11-13-15-17-19-21-23-25-27-29-31-33-35-37-38-39-40-41-42-43-44-46-48-50-52-54-56-58-60-62-64-66-68-70-72-74-76-78-88(106)101-83(84(105)77-75-73-71-69-67-65-63-61-59-57-55-53-51-49-47-45-36-34-32-30-28-26-24-22-20-18-16-14-12-10-8-6-4-2)82-114-98-94(112)91(109)96(86(80-103)116-98)119-100-95(113)92(110)97(87(81-104)117-100)118-99-93(111)90(108)89(107)85(79-102)115-99/h5,7,11,13,17,19,23,25,29,31,35,37,39-40,67,69,75,77,83-87,89-100,102-105,107-113H,3-4,6,8-10,12,14-16,18,20-22,24,26-28,30,32-34,36,38,41-66,68,70-74,76,78-82H2,1-2H3,(H,101,106)/b7-5-,13-11-,19-17-,25-23-,31-29-,37-35-,40-39-,69-67+,77-75+. The van der Waals surface area contributed by atoms with E-state index in [1.54, 1.807) is 6.08 Å². The monoisotopic (exact) mass is 1680 g/mol. The molecule has 12 N–H and O–H groups in total. The Labute approximate surface area is 723 Å². The predicted octanol–water partition coefficient (Wildman–Crippen LogP) is 20.0. The summed E-state index contributed by atoms with van der Waals surface area (Å²) in [4.78, 5) is 13.5. The average Bonchev–Trinajstić information content (AvgIpc) is 0.778. The van der Waals surface area contributed by atoms with E-state index < -0.39 is 124 Å². The van der Waals surface area contributed by atoms with Crippen LogP contribution in [0, 0.1) is 0 Å². The van der Waals surface area contributed by atoms with Crippen molar-refractivity contribution in [3.05, 3.63) is 109 Å². The number of allylic oxidation sites excluding steroid dienone is 17. The number of nitrogens with one attached hydrogen (secondary N) is 1. The molecule has 0 spiro atoms. The summed E-state index contributed by atoms with van der Waals surface area (Å²) in [5.74, 6) is -0.281. The highest BCUT2D eigenvalue weighted by molar-refractivity contribution is 5.76. The lowest BCUT2D eigenvalue weighted by Crippen LogP contribution is -2.66. The Bertz CT molecular complexity index is 2570. The van der Waals surface area contributed by atoms with Gasteiger partial charge in [-0.25, -0.2) is 0 Å². The molecule has 0 saturated carbocycles. The number of aliphatic hydroxyl groups excluding tert-OH is 11. The van der Waals surface area contributed by atoms with Crippen LogP contribution >= 0.6 is 0 Å². The van der Waals surface area contributed by atoms with E-state index in [-0.39, 0.29) is 18.9 Å². The molecular formula is C100H177NO18. The SMILES string of the molecule is CC/C=C\C/C=C\C/C=C\C/C=C\C/C=C\C/C=C\C/C=C\CCCCCCCCCCCCCCCCCCCCCC(=O)NC(COC1OC(CO)C(OC2OC(CO)C(OC3OC(CO)C(O)C(O)C3O)C(O)C2O)C(O)C1O)C(O)/C=C/CC/C=C/CCCCCCCCCCCCCCCCCCCCCCCCCCCCC. The number of rotatable bonds is 79. The maximum absolute atomic E-state index is 13.5. The van der Waals surface area contributed by atoms with E-state index in [2.05, 4.69) is 116 Å². The lowest BCUT2D eigenvalue weighted by Gasteiger charge is -2.48. The predicted molar refractivity (Wildman–Crippen MR) is 484 cm³/mol. The molecule has 1 amide bonds. The van der Waals surface area contributed by atoms with Gasteiger partial charge in [0.05, 0.1) is 38.6 Å². The molecule has 3 aliphatic rings. The van der Waals surface area contributed by atoms with Crippen LogP contribution < -0.4 is 5.32 Å². The third-order valence-electron chi connectivity index (χ3n) is 23.6. The van der Waals surface area contributed by atoms with Crippen LogP contribution in [0.1, 0.15) is 386 Å². The van der Waals surface area contributed by atoms with Crippen molar-refractivity contribution in [2.24, 2.45) is 0 Å². The smallest absolute Gasteiger partial charge is 0.220 e. The van der Waals surface area contributed by atoms with Gasteiger partial charge in [0.1, 0.15) is 73.2 Å². The Balaban J connectivity index is 1.30. The summed E-state index contributed by atoms with van der Waals surface area (Å²) in [6, 6.07) is -0.997. The summed E-state index contributed by atoms with van der Waals surface area (Å²) < 4.78 is 34.5. The van der Waals surface area contributed by atoms with E-state index in [4.69, 9.17) is 28.4 Å². The highest BCUT2D eigenvalue weighted by Crippen LogP contribution is 2.34. The van der Waals surface area contributed by atoms with Crippen LogP contribution in [0.3, 0.4) is 0 Å². The van der Waals surface area contributed by atoms with Crippen LogP contribution in [0.25, 0.3) is 0 Å². The molecule has 0 aromatic heterocycles. The first-order valence-corrected chi connectivity index (χ1v) is 48.6. The third kappa shape index (κ3) is 55.5. The fraction of sp³-hybridized carbons (Fsp3) is 0.810. The molecular weight excluding hydrogens is 1500 g/mol. The Morgan fingerprint density at radius 1 is 0.311 bits per heavy atom. The largest absolute Gasteiger partial charge is 0.394 e. The summed E-state index contributed by atoms with van der Waals surface area (Å²) in [6.45, 7) is 1.66. The van der Waals surface area contributed by atoms with Crippen LogP contribution in [0.5, 0.6) is 0 Å². The normalized spacial score (nSPS) is 24.7. The molecule has 119 heavy (non-hydrogen) atoms. The molecule has 17 unspecified atom stereocenters. The second kappa shape index (κ2) is 78.0. The van der Waals surface area contributed by atoms with E-state index in [9.17, 15) is 61.0 Å². The summed E-state index contributed by atoms with van der Waals surface area (Å²) in [7, 11) is 0. The molecule has 3 saturated heterocycles. The van der Waals surface area contributed by atoms with Crippen molar-refractivity contribution < 1.29 is 89.4 Å². The quantitative estimate of drug-likeness (QED) is 0.0199. The van der Waals surface area contributed by atoms with Crippen LogP contribution in [-0.2, 0) is 33.2 Å². The Hall–Kier alpha value is -3.55. The summed E-state index contributed by atoms with van der Waals surface area (Å²) in [6.07, 6.45) is 84.0. The highest BCUT2D eigenvalue weighted by Gasteiger charge is 2.54. The Kier molecular flexibility index (Phi) is 71.8. The molecule has 19 heteroatoms. The zero-order chi connectivity index (χ0) is 85.9. The molecule has 17 atom stereocenters. The van der Waals surface area contributed by atoms with Crippen molar-refractivity contribution in [3.63, 3.8) is 0 Å². The Morgan fingerprint density at radius 2 is 0.588 bits per heavy atom. The van der Waals surface area contributed by atoms with Crippen molar-refractivity contribution in [3.8, 4) is 0 Å². The minimum Gasteiger partial charge on any atom is -0.394 e. The van der Waals surface area contributed by atoms with Crippen molar-refractivity contribution in [2.45, 2.75) is 491 Å². The van der Waals surface area contributed by atoms with Gasteiger partial charge in [0.15, 0.2) is 18.9 Å².